The Bertz CT molecular complexity index is 1290. The van der Waals surface area contributed by atoms with Gasteiger partial charge in [-0.1, -0.05) is 24.3 Å². The van der Waals surface area contributed by atoms with Gasteiger partial charge in [0.1, 0.15) is 0 Å². The Kier molecular flexibility index (Phi) is 6.24. The number of pyridine rings is 1. The van der Waals surface area contributed by atoms with Gasteiger partial charge < -0.3 is 10.2 Å². The van der Waals surface area contributed by atoms with E-state index >= 15 is 0 Å². The molecule has 0 saturated carbocycles. The van der Waals surface area contributed by atoms with E-state index in [1.807, 2.05) is 43.6 Å². The van der Waals surface area contributed by atoms with Crippen molar-refractivity contribution in [3.8, 4) is 11.3 Å². The van der Waals surface area contributed by atoms with Crippen LogP contribution in [-0.2, 0) is 13.6 Å². The number of benzene rings is 2. The minimum absolute atomic E-state index is 0.320. The van der Waals surface area contributed by atoms with E-state index in [4.69, 9.17) is 0 Å². The van der Waals surface area contributed by atoms with Crippen LogP contribution in [-0.4, -0.2) is 63.8 Å². The predicted octanol–water partition coefficient (Wildman–Crippen LogP) is 4.03. The van der Waals surface area contributed by atoms with Gasteiger partial charge in [-0.15, -0.1) is 0 Å². The van der Waals surface area contributed by atoms with Crippen LogP contribution in [0.3, 0.4) is 0 Å². The van der Waals surface area contributed by atoms with Crippen LogP contribution in [0, 0.1) is 0 Å². The zero-order chi connectivity index (χ0) is 23.5. The molecule has 2 amide bonds. The van der Waals surface area contributed by atoms with E-state index in [1.54, 1.807) is 10.9 Å². The molecule has 0 spiro atoms. The van der Waals surface area contributed by atoms with Crippen molar-refractivity contribution in [2.75, 3.05) is 43.9 Å². The number of aromatic nitrogens is 3. The van der Waals surface area contributed by atoms with Crippen molar-refractivity contribution in [1.29, 1.82) is 0 Å². The lowest BCUT2D eigenvalue weighted by molar-refractivity contribution is 0.148. The number of carbonyl (C=O) groups excluding carboxylic acids is 1. The van der Waals surface area contributed by atoms with E-state index in [1.165, 1.54) is 5.56 Å². The number of likely N-dealkylation sites (N-methyl/N-ethyl adjacent to an activating group) is 1. The summed E-state index contributed by atoms with van der Waals surface area (Å²) in [5.41, 5.74) is 3.92. The van der Waals surface area contributed by atoms with Crippen molar-refractivity contribution in [1.82, 2.24) is 24.6 Å². The molecule has 2 aromatic heterocycles. The van der Waals surface area contributed by atoms with Gasteiger partial charge in [0.2, 0.25) is 0 Å². The number of hydrogen-bond donors (Lipinski definition) is 2. The number of amides is 2. The molecule has 8 nitrogen and oxygen atoms in total. The molecule has 8 heteroatoms. The fraction of sp³-hybridized carbons (Fsp3) is 0.269. The smallest absolute Gasteiger partial charge is 0.308 e. The van der Waals surface area contributed by atoms with Gasteiger partial charge in [0, 0.05) is 74.9 Å². The van der Waals surface area contributed by atoms with Crippen LogP contribution in [0.25, 0.3) is 22.0 Å². The lowest BCUT2D eigenvalue weighted by Gasteiger charge is -2.32. The number of urea groups is 1. The van der Waals surface area contributed by atoms with Gasteiger partial charge in [-0.25, -0.2) is 4.79 Å². The first-order valence-corrected chi connectivity index (χ1v) is 11.5. The molecule has 0 radical (unpaired) electrons. The summed E-state index contributed by atoms with van der Waals surface area (Å²) in [5, 5.41) is 12.4. The van der Waals surface area contributed by atoms with E-state index in [2.05, 4.69) is 61.8 Å². The molecule has 0 atom stereocenters. The first-order valence-electron chi connectivity index (χ1n) is 11.5. The lowest BCUT2D eigenvalue weighted by atomic mass is 10.1. The number of fused-ring (bicyclic) bond motifs is 1. The fourth-order valence-electron chi connectivity index (χ4n) is 4.28. The summed E-state index contributed by atoms with van der Waals surface area (Å²) >= 11 is 0. The molecule has 1 saturated heterocycles. The zero-order valence-electron chi connectivity index (χ0n) is 19.5. The number of nitrogens with zero attached hydrogens (tertiary/aromatic N) is 5. The SMILES string of the molecule is CN1CCN(Cc2ccc(NC(=O)Nc3cc(-c4ccc5ccncc5c4)n(C)n3)cc2)CC1. The Morgan fingerprint density at radius 1 is 0.912 bits per heavy atom. The number of anilines is 2. The Hall–Kier alpha value is -3.75. The molecule has 2 aromatic carbocycles. The fourth-order valence-corrected chi connectivity index (χ4v) is 4.28. The quantitative estimate of drug-likeness (QED) is 0.475. The highest BCUT2D eigenvalue weighted by atomic mass is 16.2. The first-order chi connectivity index (χ1) is 16.5. The van der Waals surface area contributed by atoms with E-state index in [0.29, 0.717) is 5.82 Å². The average molecular weight is 456 g/mol. The van der Waals surface area contributed by atoms with Crippen molar-refractivity contribution in [2.45, 2.75) is 6.54 Å². The van der Waals surface area contributed by atoms with E-state index < -0.39 is 0 Å². The second-order valence-corrected chi connectivity index (χ2v) is 8.83. The second kappa shape index (κ2) is 9.62. The summed E-state index contributed by atoms with van der Waals surface area (Å²) < 4.78 is 1.76. The highest BCUT2D eigenvalue weighted by molar-refractivity contribution is 5.99. The predicted molar refractivity (Wildman–Crippen MR) is 136 cm³/mol. The molecule has 0 unspecified atom stereocenters. The largest absolute Gasteiger partial charge is 0.324 e. The summed E-state index contributed by atoms with van der Waals surface area (Å²) in [4.78, 5) is 21.6. The van der Waals surface area contributed by atoms with Gasteiger partial charge in [-0.2, -0.15) is 5.10 Å². The maximum absolute atomic E-state index is 12.6. The standard InChI is InChI=1S/C26H29N7O/c1-31-11-13-33(14-12-31)18-19-3-7-23(8-4-19)28-26(34)29-25-16-24(32(2)30-25)21-6-5-20-9-10-27-17-22(20)15-21/h3-10,15-17H,11-14,18H2,1-2H3,(H2,28,29,30,34). The summed E-state index contributed by atoms with van der Waals surface area (Å²) in [5.74, 6) is 0.493. The first kappa shape index (κ1) is 22.1. The zero-order valence-corrected chi connectivity index (χ0v) is 19.5. The molecular formula is C26H29N7O. The van der Waals surface area contributed by atoms with Crippen LogP contribution in [0.4, 0.5) is 16.3 Å². The number of aryl methyl sites for hydroxylation is 1. The third-order valence-electron chi connectivity index (χ3n) is 6.27. The van der Waals surface area contributed by atoms with E-state index in [-0.39, 0.29) is 6.03 Å². The maximum Gasteiger partial charge on any atom is 0.324 e. The molecule has 1 fully saturated rings. The molecule has 1 aliphatic rings. The van der Waals surface area contributed by atoms with Gasteiger partial charge in [-0.3, -0.25) is 19.9 Å². The Balaban J connectivity index is 1.20. The summed E-state index contributed by atoms with van der Waals surface area (Å²) in [7, 11) is 4.03. The molecule has 0 bridgehead atoms. The molecule has 34 heavy (non-hydrogen) atoms. The van der Waals surface area contributed by atoms with Crippen molar-refractivity contribution in [3.05, 3.63) is 72.6 Å². The molecule has 3 heterocycles. The van der Waals surface area contributed by atoms with Gasteiger partial charge in [0.05, 0.1) is 5.69 Å². The highest BCUT2D eigenvalue weighted by Crippen LogP contribution is 2.26. The third-order valence-corrected chi connectivity index (χ3v) is 6.27. The average Bonchev–Trinajstić information content (AvgIpc) is 3.21. The Labute approximate surface area is 199 Å². The molecule has 4 aromatic rings. The minimum Gasteiger partial charge on any atom is -0.308 e. The van der Waals surface area contributed by atoms with Crippen LogP contribution < -0.4 is 10.6 Å². The van der Waals surface area contributed by atoms with Crippen LogP contribution >= 0.6 is 0 Å². The maximum atomic E-state index is 12.6. The van der Waals surface area contributed by atoms with Crippen molar-refractivity contribution < 1.29 is 4.79 Å². The van der Waals surface area contributed by atoms with Crippen molar-refractivity contribution in [2.24, 2.45) is 7.05 Å². The molecule has 0 aliphatic carbocycles. The summed E-state index contributed by atoms with van der Waals surface area (Å²) in [6.45, 7) is 5.31. The van der Waals surface area contributed by atoms with Crippen LogP contribution in [0.1, 0.15) is 5.56 Å². The molecule has 1 aliphatic heterocycles. The topological polar surface area (TPSA) is 78.3 Å². The lowest BCUT2D eigenvalue weighted by Crippen LogP contribution is -2.43. The summed E-state index contributed by atoms with van der Waals surface area (Å²) in [6.07, 6.45) is 3.63. The Morgan fingerprint density at radius 2 is 1.71 bits per heavy atom. The monoisotopic (exact) mass is 455 g/mol. The molecule has 2 N–H and O–H groups in total. The van der Waals surface area contributed by atoms with Gasteiger partial charge in [0.15, 0.2) is 5.82 Å². The number of hydrogen-bond acceptors (Lipinski definition) is 5. The van der Waals surface area contributed by atoms with Crippen LogP contribution in [0.15, 0.2) is 67.0 Å². The van der Waals surface area contributed by atoms with Gasteiger partial charge in [-0.05, 0) is 42.3 Å². The van der Waals surface area contributed by atoms with Gasteiger partial charge in [0.25, 0.3) is 0 Å². The van der Waals surface area contributed by atoms with Crippen molar-refractivity contribution in [3.63, 3.8) is 0 Å². The molecule has 174 valence electrons. The van der Waals surface area contributed by atoms with Crippen LogP contribution in [0.5, 0.6) is 0 Å². The number of rotatable bonds is 5. The van der Waals surface area contributed by atoms with E-state index in [9.17, 15) is 4.79 Å². The van der Waals surface area contributed by atoms with Crippen LogP contribution in [0.2, 0.25) is 0 Å². The second-order valence-electron chi connectivity index (χ2n) is 8.83. The number of nitrogens with one attached hydrogen (secondary N) is 2. The molecular weight excluding hydrogens is 426 g/mol. The Morgan fingerprint density at radius 3 is 2.50 bits per heavy atom. The number of carbonyl (C=O) groups is 1. The van der Waals surface area contributed by atoms with E-state index in [0.717, 1.165) is 60.4 Å². The normalized spacial score (nSPS) is 14.9. The van der Waals surface area contributed by atoms with Crippen molar-refractivity contribution >= 4 is 28.3 Å². The number of piperazine rings is 1. The third kappa shape index (κ3) is 5.08. The highest BCUT2D eigenvalue weighted by Gasteiger charge is 2.14. The molecule has 5 rings (SSSR count). The minimum atomic E-state index is -0.320. The summed E-state index contributed by atoms with van der Waals surface area (Å²) in [6, 6.07) is 17.7. The van der Waals surface area contributed by atoms with Gasteiger partial charge >= 0.3 is 6.03 Å².